The molecule has 0 spiro atoms. The summed E-state index contributed by atoms with van der Waals surface area (Å²) in [6.07, 6.45) is -0.825. The highest BCUT2D eigenvalue weighted by molar-refractivity contribution is 9.10. The number of benzene rings is 1. The first-order valence-electron chi connectivity index (χ1n) is 5.15. The van der Waals surface area contributed by atoms with Crippen LogP contribution in [0, 0.1) is 0 Å². The van der Waals surface area contributed by atoms with E-state index in [1.807, 2.05) is 18.2 Å². The molecule has 0 unspecified atom stereocenters. The van der Waals surface area contributed by atoms with Gasteiger partial charge in [0.2, 0.25) is 0 Å². The quantitative estimate of drug-likeness (QED) is 0.860. The fourth-order valence-electron chi connectivity index (χ4n) is 1.83. The molecular formula is C11H13BrN2O2. The summed E-state index contributed by atoms with van der Waals surface area (Å²) in [5.74, 6) is 0. The van der Waals surface area contributed by atoms with Gasteiger partial charge in [-0.05, 0) is 18.2 Å². The Balaban J connectivity index is 2.01. The first-order chi connectivity index (χ1) is 7.66. The maximum absolute atomic E-state index is 10.8. The smallest absolute Gasteiger partial charge is 0.407 e. The third kappa shape index (κ3) is 2.47. The average molecular weight is 285 g/mol. The van der Waals surface area contributed by atoms with E-state index in [9.17, 15) is 4.79 Å². The number of nitrogens with zero attached hydrogens (tertiary/aromatic N) is 2. The highest BCUT2D eigenvalue weighted by atomic mass is 79.9. The van der Waals surface area contributed by atoms with Gasteiger partial charge in [-0.1, -0.05) is 22.0 Å². The van der Waals surface area contributed by atoms with Gasteiger partial charge < -0.3 is 14.9 Å². The van der Waals surface area contributed by atoms with Crippen LogP contribution in [-0.2, 0) is 0 Å². The van der Waals surface area contributed by atoms with Gasteiger partial charge in [0.05, 0.1) is 0 Å². The van der Waals surface area contributed by atoms with Crippen LogP contribution in [0.2, 0.25) is 0 Å². The third-order valence-electron chi connectivity index (χ3n) is 2.72. The van der Waals surface area contributed by atoms with Crippen LogP contribution in [0.5, 0.6) is 0 Å². The average Bonchev–Trinajstić information content (AvgIpc) is 2.29. The molecule has 0 aromatic heterocycles. The maximum atomic E-state index is 10.8. The van der Waals surface area contributed by atoms with E-state index in [-0.39, 0.29) is 0 Å². The Morgan fingerprint density at radius 2 is 1.94 bits per heavy atom. The molecule has 0 radical (unpaired) electrons. The Bertz CT molecular complexity index is 389. The Kier molecular flexibility index (Phi) is 3.33. The van der Waals surface area contributed by atoms with Crippen molar-refractivity contribution in [2.24, 2.45) is 0 Å². The Morgan fingerprint density at radius 1 is 1.25 bits per heavy atom. The summed E-state index contributed by atoms with van der Waals surface area (Å²) in [5, 5.41) is 8.84. The summed E-state index contributed by atoms with van der Waals surface area (Å²) in [5.41, 5.74) is 1.14. The van der Waals surface area contributed by atoms with Gasteiger partial charge in [0.1, 0.15) is 0 Å². The molecule has 0 atom stereocenters. The van der Waals surface area contributed by atoms with Crippen molar-refractivity contribution in [3.05, 3.63) is 28.7 Å². The monoisotopic (exact) mass is 284 g/mol. The fourth-order valence-corrected chi connectivity index (χ4v) is 2.22. The number of hydrogen-bond acceptors (Lipinski definition) is 2. The van der Waals surface area contributed by atoms with E-state index in [0.717, 1.165) is 23.2 Å². The molecule has 2 rings (SSSR count). The molecule has 1 aliphatic rings. The fraction of sp³-hybridized carbons (Fsp3) is 0.364. The van der Waals surface area contributed by atoms with Gasteiger partial charge in [-0.25, -0.2) is 4.79 Å². The Hall–Kier alpha value is -1.23. The molecule has 1 N–H and O–H groups in total. The van der Waals surface area contributed by atoms with Crippen molar-refractivity contribution in [2.45, 2.75) is 0 Å². The largest absolute Gasteiger partial charge is 0.465 e. The van der Waals surface area contributed by atoms with Crippen molar-refractivity contribution in [3.8, 4) is 0 Å². The lowest BCUT2D eigenvalue weighted by Gasteiger charge is -2.34. The summed E-state index contributed by atoms with van der Waals surface area (Å²) < 4.78 is 1.05. The second-order valence-corrected chi connectivity index (χ2v) is 4.65. The molecule has 0 aliphatic carbocycles. The van der Waals surface area contributed by atoms with E-state index in [1.54, 1.807) is 0 Å². The molecule has 86 valence electrons. The van der Waals surface area contributed by atoms with Gasteiger partial charge in [-0.2, -0.15) is 0 Å². The van der Waals surface area contributed by atoms with Crippen LogP contribution in [0.15, 0.2) is 28.7 Å². The van der Waals surface area contributed by atoms with Crippen molar-refractivity contribution >= 4 is 27.7 Å². The molecule has 1 fully saturated rings. The van der Waals surface area contributed by atoms with Gasteiger partial charge >= 0.3 is 6.09 Å². The number of rotatable bonds is 1. The lowest BCUT2D eigenvalue weighted by molar-refractivity contribution is 0.142. The molecular weight excluding hydrogens is 272 g/mol. The topological polar surface area (TPSA) is 43.8 Å². The van der Waals surface area contributed by atoms with E-state index < -0.39 is 6.09 Å². The molecule has 16 heavy (non-hydrogen) atoms. The van der Waals surface area contributed by atoms with E-state index in [1.165, 1.54) is 4.90 Å². The number of anilines is 1. The number of hydrogen-bond donors (Lipinski definition) is 1. The molecule has 5 heteroatoms. The molecule has 1 aliphatic heterocycles. The van der Waals surface area contributed by atoms with Crippen LogP contribution in [0.1, 0.15) is 0 Å². The van der Waals surface area contributed by atoms with E-state index in [2.05, 4.69) is 26.9 Å². The lowest BCUT2D eigenvalue weighted by atomic mass is 10.2. The van der Waals surface area contributed by atoms with Crippen molar-refractivity contribution in [3.63, 3.8) is 0 Å². The van der Waals surface area contributed by atoms with Gasteiger partial charge in [0, 0.05) is 36.3 Å². The van der Waals surface area contributed by atoms with E-state index in [4.69, 9.17) is 5.11 Å². The van der Waals surface area contributed by atoms with Crippen LogP contribution in [0.4, 0.5) is 10.5 Å². The summed E-state index contributed by atoms with van der Waals surface area (Å²) >= 11 is 3.43. The lowest BCUT2D eigenvalue weighted by Crippen LogP contribution is -2.48. The molecule has 1 amide bonds. The van der Waals surface area contributed by atoms with Crippen LogP contribution < -0.4 is 4.90 Å². The number of amides is 1. The normalized spacial score (nSPS) is 16.3. The third-order valence-corrected chi connectivity index (χ3v) is 3.22. The van der Waals surface area contributed by atoms with Crippen LogP contribution in [-0.4, -0.2) is 42.3 Å². The second kappa shape index (κ2) is 4.74. The maximum Gasteiger partial charge on any atom is 0.407 e. The van der Waals surface area contributed by atoms with E-state index >= 15 is 0 Å². The van der Waals surface area contributed by atoms with Gasteiger partial charge in [-0.3, -0.25) is 0 Å². The van der Waals surface area contributed by atoms with Crippen molar-refractivity contribution < 1.29 is 9.90 Å². The number of halogens is 1. The summed E-state index contributed by atoms with van der Waals surface area (Å²) in [4.78, 5) is 14.4. The molecule has 1 saturated heterocycles. The predicted molar refractivity (Wildman–Crippen MR) is 66.0 cm³/mol. The summed E-state index contributed by atoms with van der Waals surface area (Å²) in [6, 6.07) is 8.07. The van der Waals surface area contributed by atoms with E-state index in [0.29, 0.717) is 13.1 Å². The van der Waals surface area contributed by atoms with Crippen LogP contribution in [0.3, 0.4) is 0 Å². The minimum Gasteiger partial charge on any atom is -0.465 e. The highest BCUT2D eigenvalue weighted by Crippen LogP contribution is 2.21. The van der Waals surface area contributed by atoms with Crippen molar-refractivity contribution in [1.29, 1.82) is 0 Å². The summed E-state index contributed by atoms with van der Waals surface area (Å²) in [6.45, 7) is 2.65. The Labute approximate surface area is 103 Å². The van der Waals surface area contributed by atoms with Gasteiger partial charge in [-0.15, -0.1) is 0 Å². The zero-order valence-electron chi connectivity index (χ0n) is 8.77. The SMILES string of the molecule is O=C(O)N1CCN(c2cccc(Br)c2)CC1. The predicted octanol–water partition coefficient (Wildman–Crippen LogP) is 2.25. The first kappa shape index (κ1) is 11.3. The molecule has 0 saturated carbocycles. The molecule has 1 heterocycles. The number of piperazine rings is 1. The first-order valence-corrected chi connectivity index (χ1v) is 5.94. The molecule has 1 aromatic rings. The standard InChI is InChI=1S/C11H13BrN2O2/c12-9-2-1-3-10(8-9)13-4-6-14(7-5-13)11(15)16/h1-3,8H,4-7H2,(H,15,16). The van der Waals surface area contributed by atoms with Crippen LogP contribution >= 0.6 is 15.9 Å². The Morgan fingerprint density at radius 3 is 2.50 bits per heavy atom. The highest BCUT2D eigenvalue weighted by Gasteiger charge is 2.20. The zero-order valence-corrected chi connectivity index (χ0v) is 10.4. The summed E-state index contributed by atoms with van der Waals surface area (Å²) in [7, 11) is 0. The zero-order chi connectivity index (χ0) is 11.5. The minimum atomic E-state index is -0.825. The minimum absolute atomic E-state index is 0.571. The van der Waals surface area contributed by atoms with Crippen LogP contribution in [0.25, 0.3) is 0 Å². The van der Waals surface area contributed by atoms with Crippen molar-refractivity contribution in [2.75, 3.05) is 31.1 Å². The van der Waals surface area contributed by atoms with Crippen molar-refractivity contribution in [1.82, 2.24) is 4.90 Å². The number of carboxylic acid groups (broad SMARTS) is 1. The molecule has 1 aromatic carbocycles. The number of carbonyl (C=O) groups is 1. The van der Waals surface area contributed by atoms with Gasteiger partial charge in [0.25, 0.3) is 0 Å². The van der Waals surface area contributed by atoms with Gasteiger partial charge in [0.15, 0.2) is 0 Å². The molecule has 0 bridgehead atoms. The molecule has 4 nitrogen and oxygen atoms in total. The second-order valence-electron chi connectivity index (χ2n) is 3.74.